The SMILES string of the molecule is C=CCOc1c([Si](C)(C)C2c3cc(-c4cccc(C)c4)ccc3-c3ccc(-c4cccc(C)c4)cc32)ccc2ccccc12. The summed E-state index contributed by atoms with van der Waals surface area (Å²) >= 11 is 0. The highest BCUT2D eigenvalue weighted by Gasteiger charge is 2.44. The summed E-state index contributed by atoms with van der Waals surface area (Å²) in [7, 11) is -2.29. The minimum atomic E-state index is -2.29. The maximum absolute atomic E-state index is 6.55. The van der Waals surface area contributed by atoms with Crippen LogP contribution in [0.2, 0.25) is 13.1 Å². The summed E-state index contributed by atoms with van der Waals surface area (Å²) in [5.74, 6) is 1.01. The van der Waals surface area contributed by atoms with Crippen LogP contribution in [0.3, 0.4) is 0 Å². The van der Waals surface area contributed by atoms with Gasteiger partial charge in [-0.3, -0.25) is 0 Å². The average Bonchev–Trinajstić information content (AvgIpc) is 3.37. The van der Waals surface area contributed by atoms with E-state index in [1.165, 1.54) is 71.6 Å². The van der Waals surface area contributed by atoms with Gasteiger partial charge < -0.3 is 4.74 Å². The maximum atomic E-state index is 6.55. The highest BCUT2D eigenvalue weighted by molar-refractivity contribution is 6.92. The van der Waals surface area contributed by atoms with E-state index in [0.717, 1.165) is 5.75 Å². The van der Waals surface area contributed by atoms with Gasteiger partial charge >= 0.3 is 0 Å². The van der Waals surface area contributed by atoms with Gasteiger partial charge in [0.1, 0.15) is 12.4 Å². The Morgan fingerprint density at radius 2 is 1.20 bits per heavy atom. The molecule has 1 nitrogen and oxygen atoms in total. The maximum Gasteiger partial charge on any atom is 0.126 e. The molecule has 1 aliphatic carbocycles. The second-order valence-electron chi connectivity index (χ2n) is 12.8. The van der Waals surface area contributed by atoms with Crippen molar-refractivity contribution in [3.05, 3.63) is 156 Å². The van der Waals surface area contributed by atoms with E-state index in [1.807, 2.05) is 6.08 Å². The van der Waals surface area contributed by atoms with Crippen LogP contribution in [0.1, 0.15) is 27.8 Å². The van der Waals surface area contributed by atoms with Gasteiger partial charge in [0.15, 0.2) is 0 Å². The Hall–Kier alpha value is -4.66. The first kappa shape index (κ1) is 28.1. The monoisotopic (exact) mass is 586 g/mol. The van der Waals surface area contributed by atoms with Gasteiger partial charge in [0, 0.05) is 10.9 Å². The van der Waals surface area contributed by atoms with Crippen LogP contribution >= 0.6 is 0 Å². The molecule has 0 unspecified atom stereocenters. The lowest BCUT2D eigenvalue weighted by molar-refractivity contribution is 0.370. The van der Waals surface area contributed by atoms with Crippen LogP contribution in [0, 0.1) is 13.8 Å². The standard InChI is InChI=1S/C42H38OSi/c1-6-23-43-41-35-16-8-7-13-30(35)19-22-40(41)44(4,5)42-38-26-33(31-14-9-11-28(2)24-31)17-20-36(38)37-21-18-34(27-39(37)42)32-15-10-12-29(3)25-32/h6-22,24-27,42H,1,23H2,2-5H3. The number of benzene rings is 6. The molecule has 0 heterocycles. The molecule has 6 aromatic rings. The van der Waals surface area contributed by atoms with Crippen molar-refractivity contribution in [3.63, 3.8) is 0 Å². The lowest BCUT2D eigenvalue weighted by atomic mass is 9.97. The molecule has 0 spiro atoms. The predicted octanol–water partition coefficient (Wildman–Crippen LogP) is 10.6. The highest BCUT2D eigenvalue weighted by Crippen LogP contribution is 2.51. The van der Waals surface area contributed by atoms with E-state index in [0.29, 0.717) is 6.61 Å². The molecule has 0 saturated carbocycles. The summed E-state index contributed by atoms with van der Waals surface area (Å²) in [6.45, 7) is 13.8. The van der Waals surface area contributed by atoms with Crippen LogP contribution < -0.4 is 9.92 Å². The Morgan fingerprint density at radius 3 is 1.77 bits per heavy atom. The molecule has 2 heteroatoms. The molecule has 44 heavy (non-hydrogen) atoms. The first-order valence-corrected chi connectivity index (χ1v) is 18.6. The third-order valence-corrected chi connectivity index (χ3v) is 13.2. The summed E-state index contributed by atoms with van der Waals surface area (Å²) in [5.41, 5.74) is 13.5. The van der Waals surface area contributed by atoms with Crippen LogP contribution in [0.5, 0.6) is 5.75 Å². The topological polar surface area (TPSA) is 9.23 Å². The van der Waals surface area contributed by atoms with Crippen LogP contribution in [0.25, 0.3) is 44.2 Å². The zero-order chi connectivity index (χ0) is 30.4. The molecule has 0 aromatic heterocycles. The first-order valence-electron chi connectivity index (χ1n) is 15.5. The van der Waals surface area contributed by atoms with Gasteiger partial charge in [-0.05, 0) is 68.9 Å². The Morgan fingerprint density at radius 1 is 0.636 bits per heavy atom. The van der Waals surface area contributed by atoms with E-state index >= 15 is 0 Å². The van der Waals surface area contributed by atoms with Gasteiger partial charge in [-0.2, -0.15) is 0 Å². The summed E-state index contributed by atoms with van der Waals surface area (Å²) in [6, 6.07) is 45.2. The van der Waals surface area contributed by atoms with Crippen molar-refractivity contribution >= 4 is 24.0 Å². The third kappa shape index (κ3) is 4.80. The minimum Gasteiger partial charge on any atom is -0.489 e. The second-order valence-corrected chi connectivity index (χ2v) is 17.3. The molecular formula is C42H38OSi. The fraction of sp³-hybridized carbons (Fsp3) is 0.143. The van der Waals surface area contributed by atoms with Crippen molar-refractivity contribution in [2.24, 2.45) is 0 Å². The Bertz CT molecular complexity index is 1960. The van der Waals surface area contributed by atoms with Crippen molar-refractivity contribution in [2.45, 2.75) is 32.5 Å². The van der Waals surface area contributed by atoms with E-state index < -0.39 is 8.07 Å². The van der Waals surface area contributed by atoms with Crippen LogP contribution in [0.15, 0.2) is 134 Å². The zero-order valence-electron chi connectivity index (χ0n) is 26.0. The molecule has 1 aliphatic rings. The van der Waals surface area contributed by atoms with Crippen molar-refractivity contribution in [3.8, 4) is 39.1 Å². The second kappa shape index (κ2) is 11.1. The first-order chi connectivity index (χ1) is 21.3. The van der Waals surface area contributed by atoms with Crippen molar-refractivity contribution < 1.29 is 4.74 Å². The average molecular weight is 587 g/mol. The fourth-order valence-electron chi connectivity index (χ4n) is 7.25. The Kier molecular flexibility index (Phi) is 7.11. The smallest absolute Gasteiger partial charge is 0.126 e. The van der Waals surface area contributed by atoms with E-state index in [4.69, 9.17) is 4.74 Å². The Labute approximate surface area is 262 Å². The molecule has 0 aliphatic heterocycles. The van der Waals surface area contributed by atoms with Gasteiger partial charge in [0.2, 0.25) is 0 Å². The molecule has 6 aromatic carbocycles. The molecule has 0 bridgehead atoms. The molecular weight excluding hydrogens is 549 g/mol. The van der Waals surface area contributed by atoms with E-state index in [-0.39, 0.29) is 5.54 Å². The Balaban J connectivity index is 1.47. The van der Waals surface area contributed by atoms with Gasteiger partial charge in [-0.15, -0.1) is 0 Å². The summed E-state index contributed by atoms with van der Waals surface area (Å²) in [5, 5.41) is 3.73. The number of fused-ring (bicyclic) bond motifs is 4. The number of ether oxygens (including phenoxy) is 1. The molecule has 0 N–H and O–H groups in total. The zero-order valence-corrected chi connectivity index (χ0v) is 27.0. The van der Waals surface area contributed by atoms with Crippen molar-refractivity contribution in [1.82, 2.24) is 0 Å². The predicted molar refractivity (Wildman–Crippen MR) is 191 cm³/mol. The van der Waals surface area contributed by atoms with Gasteiger partial charge in [-0.1, -0.05) is 158 Å². The lowest BCUT2D eigenvalue weighted by Crippen LogP contribution is -2.48. The molecule has 7 rings (SSSR count). The summed E-state index contributed by atoms with van der Waals surface area (Å²) in [6.07, 6.45) is 1.85. The molecule has 0 saturated heterocycles. The number of hydrogen-bond acceptors (Lipinski definition) is 1. The lowest BCUT2D eigenvalue weighted by Gasteiger charge is -2.34. The molecule has 0 atom stereocenters. The van der Waals surface area contributed by atoms with Crippen LogP contribution in [0.4, 0.5) is 0 Å². The third-order valence-electron chi connectivity index (χ3n) is 9.36. The highest BCUT2D eigenvalue weighted by atomic mass is 28.3. The van der Waals surface area contributed by atoms with E-state index in [2.05, 4.69) is 155 Å². The minimum absolute atomic E-state index is 0.259. The van der Waals surface area contributed by atoms with Gasteiger partial charge in [-0.25, -0.2) is 0 Å². The van der Waals surface area contributed by atoms with Crippen LogP contribution in [-0.4, -0.2) is 14.7 Å². The van der Waals surface area contributed by atoms with Crippen LogP contribution in [-0.2, 0) is 0 Å². The quantitative estimate of drug-likeness (QED) is 0.134. The summed E-state index contributed by atoms with van der Waals surface area (Å²) in [4.78, 5) is 0. The van der Waals surface area contributed by atoms with E-state index in [1.54, 1.807) is 0 Å². The number of hydrogen-bond donors (Lipinski definition) is 0. The molecule has 216 valence electrons. The molecule has 0 amide bonds. The number of rotatable bonds is 7. The summed E-state index contributed by atoms with van der Waals surface area (Å²) < 4.78 is 6.55. The van der Waals surface area contributed by atoms with Gasteiger partial charge in [0.25, 0.3) is 0 Å². The molecule has 0 radical (unpaired) electrons. The fourth-order valence-corrected chi connectivity index (χ4v) is 10.9. The van der Waals surface area contributed by atoms with Gasteiger partial charge in [0.05, 0.1) is 8.07 Å². The van der Waals surface area contributed by atoms with Crippen molar-refractivity contribution in [2.75, 3.05) is 6.61 Å². The largest absolute Gasteiger partial charge is 0.489 e. The van der Waals surface area contributed by atoms with E-state index in [9.17, 15) is 0 Å². The van der Waals surface area contributed by atoms with Crippen molar-refractivity contribution in [1.29, 1.82) is 0 Å². The normalized spacial score (nSPS) is 12.6. The number of aryl methyl sites for hydroxylation is 2. The molecule has 0 fully saturated rings.